The largest absolute Gasteiger partial charge is 0.558 e. The van der Waals surface area contributed by atoms with Crippen LogP contribution in [0.2, 0.25) is 0 Å². The third-order valence-electron chi connectivity index (χ3n) is 2.63. The van der Waals surface area contributed by atoms with Crippen molar-refractivity contribution in [3.8, 4) is 11.5 Å². The molecule has 0 aromatic heterocycles. The van der Waals surface area contributed by atoms with E-state index in [9.17, 15) is 12.9 Å². The van der Waals surface area contributed by atoms with E-state index < -0.39 is 13.0 Å². The predicted octanol–water partition coefficient (Wildman–Crippen LogP) is 3.46. The molecule has 6 heteroatoms. The van der Waals surface area contributed by atoms with Crippen molar-refractivity contribution in [1.29, 1.82) is 0 Å². The lowest BCUT2D eigenvalue weighted by Crippen LogP contribution is -2.16. The molecular formula is C14H10BF3PS-. The van der Waals surface area contributed by atoms with E-state index in [1.807, 2.05) is 0 Å². The zero-order valence-electron chi connectivity index (χ0n) is 10.3. The lowest BCUT2D eigenvalue weighted by atomic mass is 9.95. The molecule has 0 N–H and O–H groups in total. The summed E-state index contributed by atoms with van der Waals surface area (Å²) in [6.07, 6.45) is 0. The third-order valence-corrected chi connectivity index (χ3v) is 6.66. The van der Waals surface area contributed by atoms with Crippen molar-refractivity contribution < 1.29 is 12.9 Å². The van der Waals surface area contributed by atoms with Gasteiger partial charge < -0.3 is 12.9 Å². The van der Waals surface area contributed by atoms with Crippen LogP contribution in [-0.4, -0.2) is 6.98 Å². The second-order valence-corrected chi connectivity index (χ2v) is 8.23. The van der Waals surface area contributed by atoms with E-state index in [1.54, 1.807) is 60.7 Å². The van der Waals surface area contributed by atoms with Gasteiger partial charge >= 0.3 is 6.98 Å². The highest BCUT2D eigenvalue weighted by Gasteiger charge is 2.23. The first-order valence-corrected chi connectivity index (χ1v) is 8.67. The fourth-order valence-corrected chi connectivity index (χ4v) is 4.68. The normalized spacial score (nSPS) is 11.6. The van der Waals surface area contributed by atoms with Crippen LogP contribution in [0.1, 0.15) is 0 Å². The number of rotatable bonds is 2. The Morgan fingerprint density at radius 2 is 1.20 bits per heavy atom. The Hall–Kier alpha value is -1.50. The van der Waals surface area contributed by atoms with Gasteiger partial charge in [0.15, 0.2) is 0 Å². The van der Waals surface area contributed by atoms with Gasteiger partial charge in [0.05, 0.1) is 6.04 Å². The lowest BCUT2D eigenvalue weighted by Gasteiger charge is -2.18. The Kier molecular flexibility index (Phi) is 4.37. The number of halogens is 3. The standard InChI is InChI=1S/C14H10BF3PS/c16-15(17,18)11-12-19(20,13-7-3-1-4-8-13)14-9-5-2-6-10-14/h1-10H/q-1. The van der Waals surface area contributed by atoms with Gasteiger partial charge in [0.1, 0.15) is 0 Å². The van der Waals surface area contributed by atoms with Crippen molar-refractivity contribution in [2.75, 3.05) is 0 Å². The molecule has 0 bridgehead atoms. The van der Waals surface area contributed by atoms with Gasteiger partial charge in [0.2, 0.25) is 0 Å². The smallest absolute Gasteiger partial charge is 0.438 e. The van der Waals surface area contributed by atoms with Crippen LogP contribution >= 0.6 is 6.04 Å². The molecule has 0 fully saturated rings. The lowest BCUT2D eigenvalue weighted by molar-refractivity contribution is 0.504. The van der Waals surface area contributed by atoms with E-state index in [-0.39, 0.29) is 0 Å². The van der Waals surface area contributed by atoms with Crippen LogP contribution in [0.5, 0.6) is 0 Å². The zero-order valence-corrected chi connectivity index (χ0v) is 12.1. The minimum absolute atomic E-state index is 0.675. The molecule has 0 spiro atoms. The Morgan fingerprint density at radius 3 is 1.55 bits per heavy atom. The average Bonchev–Trinajstić information content (AvgIpc) is 2.46. The molecular weight excluding hydrogens is 299 g/mol. The molecule has 0 aliphatic carbocycles. The summed E-state index contributed by atoms with van der Waals surface area (Å²) in [5.41, 5.74) is 2.35. The fourth-order valence-electron chi connectivity index (χ4n) is 1.72. The molecule has 0 unspecified atom stereocenters. The zero-order chi connectivity index (χ0) is 14.6. The van der Waals surface area contributed by atoms with Gasteiger partial charge in [-0.05, 0) is 0 Å². The van der Waals surface area contributed by atoms with Crippen molar-refractivity contribution in [3.05, 3.63) is 60.7 Å². The summed E-state index contributed by atoms with van der Waals surface area (Å²) in [5, 5.41) is 1.35. The minimum atomic E-state index is -5.16. The van der Waals surface area contributed by atoms with Crippen LogP contribution in [0.4, 0.5) is 12.9 Å². The van der Waals surface area contributed by atoms with Gasteiger partial charge in [-0.3, -0.25) is 0 Å². The second kappa shape index (κ2) is 5.87. The summed E-state index contributed by atoms with van der Waals surface area (Å²) in [5.74, 6) is 1.42. The van der Waals surface area contributed by atoms with E-state index in [2.05, 4.69) is 5.66 Å². The summed E-state index contributed by atoms with van der Waals surface area (Å²) in [7, 11) is 0. The predicted molar refractivity (Wildman–Crippen MR) is 83.3 cm³/mol. The topological polar surface area (TPSA) is 0 Å². The summed E-state index contributed by atoms with van der Waals surface area (Å²) in [4.78, 5) is 0. The highest BCUT2D eigenvalue weighted by Crippen LogP contribution is 2.42. The average molecular weight is 309 g/mol. The first kappa shape index (κ1) is 14.9. The maximum atomic E-state index is 12.5. The van der Waals surface area contributed by atoms with Gasteiger partial charge in [0.25, 0.3) is 0 Å². The molecule has 0 amide bonds. The van der Waals surface area contributed by atoms with Crippen molar-refractivity contribution in [2.24, 2.45) is 0 Å². The van der Waals surface area contributed by atoms with Gasteiger partial charge in [-0.1, -0.05) is 78.1 Å². The maximum absolute atomic E-state index is 12.5. The van der Waals surface area contributed by atoms with Gasteiger partial charge in [-0.25, -0.2) is 0 Å². The number of hydrogen-bond acceptors (Lipinski definition) is 1. The Balaban J connectivity index is 2.61. The second-order valence-electron chi connectivity index (χ2n) is 4.11. The first-order chi connectivity index (χ1) is 9.42. The van der Waals surface area contributed by atoms with E-state index in [1.165, 1.54) is 5.82 Å². The highest BCUT2D eigenvalue weighted by atomic mass is 32.4. The summed E-state index contributed by atoms with van der Waals surface area (Å²) < 4.78 is 37.4. The molecule has 0 aliphatic rings. The molecule has 0 radical (unpaired) electrons. The van der Waals surface area contributed by atoms with E-state index in [0.29, 0.717) is 10.6 Å². The molecule has 2 aromatic carbocycles. The first-order valence-electron chi connectivity index (χ1n) is 5.87. The summed E-state index contributed by atoms with van der Waals surface area (Å²) in [6.45, 7) is -5.16. The van der Waals surface area contributed by atoms with Crippen LogP contribution < -0.4 is 10.6 Å². The van der Waals surface area contributed by atoms with E-state index >= 15 is 0 Å². The number of hydrogen-bond donors (Lipinski definition) is 0. The molecule has 0 saturated heterocycles. The molecule has 20 heavy (non-hydrogen) atoms. The molecule has 2 aromatic rings. The van der Waals surface area contributed by atoms with Crippen molar-refractivity contribution in [2.45, 2.75) is 0 Å². The molecule has 2 rings (SSSR count). The molecule has 0 heterocycles. The van der Waals surface area contributed by atoms with Crippen LogP contribution in [0, 0.1) is 11.5 Å². The van der Waals surface area contributed by atoms with Crippen LogP contribution in [0.15, 0.2) is 60.7 Å². The SMILES string of the molecule is F[B-](F)(F)C#CP(=S)(c1ccccc1)c1ccccc1. The van der Waals surface area contributed by atoms with Crippen molar-refractivity contribution >= 4 is 35.4 Å². The van der Waals surface area contributed by atoms with Crippen LogP contribution in [0.25, 0.3) is 0 Å². The molecule has 0 aliphatic heterocycles. The van der Waals surface area contributed by atoms with Crippen molar-refractivity contribution in [3.63, 3.8) is 0 Å². The summed E-state index contributed by atoms with van der Waals surface area (Å²) in [6, 6.07) is 14.9. The van der Waals surface area contributed by atoms with Gasteiger partial charge in [-0.2, -0.15) is 5.82 Å². The van der Waals surface area contributed by atoms with E-state index in [0.717, 1.165) is 0 Å². The number of benzene rings is 2. The summed E-state index contributed by atoms with van der Waals surface area (Å²) >= 11 is 5.55. The van der Waals surface area contributed by atoms with Crippen LogP contribution in [-0.2, 0) is 11.8 Å². The fraction of sp³-hybridized carbons (Fsp3) is 0. The Morgan fingerprint density at radius 1 is 0.800 bits per heavy atom. The maximum Gasteiger partial charge on any atom is 0.558 e. The molecule has 0 nitrogen and oxygen atoms in total. The quantitative estimate of drug-likeness (QED) is 0.465. The Bertz CT molecular complexity index is 644. The van der Waals surface area contributed by atoms with Gasteiger partial charge in [-0.15, -0.1) is 0 Å². The molecule has 0 saturated carbocycles. The highest BCUT2D eigenvalue weighted by molar-refractivity contribution is 8.24. The van der Waals surface area contributed by atoms with E-state index in [4.69, 9.17) is 11.8 Å². The molecule has 0 atom stereocenters. The minimum Gasteiger partial charge on any atom is -0.438 e. The third kappa shape index (κ3) is 3.53. The van der Waals surface area contributed by atoms with Crippen LogP contribution in [0.3, 0.4) is 0 Å². The van der Waals surface area contributed by atoms with Crippen molar-refractivity contribution in [1.82, 2.24) is 0 Å². The molecule has 102 valence electrons. The monoisotopic (exact) mass is 309 g/mol. The Labute approximate surface area is 121 Å². The van der Waals surface area contributed by atoms with Gasteiger partial charge in [0, 0.05) is 10.6 Å².